The summed E-state index contributed by atoms with van der Waals surface area (Å²) in [6.45, 7) is 13.1. The lowest BCUT2D eigenvalue weighted by Crippen LogP contribution is -2.01. The molecule has 0 fully saturated rings. The van der Waals surface area contributed by atoms with Crippen LogP contribution < -0.4 is 0 Å². The summed E-state index contributed by atoms with van der Waals surface area (Å²) >= 11 is 0. The quantitative estimate of drug-likeness (QED) is 0.668. The van der Waals surface area contributed by atoms with E-state index in [0.29, 0.717) is 5.92 Å². The fourth-order valence-corrected chi connectivity index (χ4v) is 2.65. The molecule has 0 N–H and O–H groups in total. The Morgan fingerprint density at radius 3 is 2.22 bits per heavy atom. The summed E-state index contributed by atoms with van der Waals surface area (Å²) in [5.41, 5.74) is 8.15. The van der Waals surface area contributed by atoms with E-state index >= 15 is 0 Å². The van der Waals surface area contributed by atoms with Crippen LogP contribution in [-0.2, 0) is 0 Å². The molecule has 0 amide bonds. The molecule has 1 aliphatic carbocycles. The third kappa shape index (κ3) is 2.33. The van der Waals surface area contributed by atoms with Crippen LogP contribution >= 0.6 is 0 Å². The second-order valence-corrected chi connectivity index (χ2v) is 5.40. The minimum absolute atomic E-state index is 0.386. The second kappa shape index (κ2) is 4.97. The smallest absolute Gasteiger partial charge is 0.00611 e. The molecule has 1 aromatic carbocycles. The van der Waals surface area contributed by atoms with Crippen LogP contribution in [0.15, 0.2) is 59.2 Å². The maximum atomic E-state index is 4.34. The van der Waals surface area contributed by atoms with E-state index in [9.17, 15) is 0 Å². The molecule has 1 aromatic rings. The SMILES string of the molecule is C=C(C1=C(C)CC=C1C)C(C)c1ccc(C)cc1. The van der Waals surface area contributed by atoms with Gasteiger partial charge < -0.3 is 0 Å². The highest BCUT2D eigenvalue weighted by Gasteiger charge is 2.19. The van der Waals surface area contributed by atoms with Crippen molar-refractivity contribution in [3.05, 3.63) is 70.3 Å². The van der Waals surface area contributed by atoms with Crippen LogP contribution in [0.1, 0.15) is 44.2 Å². The minimum Gasteiger partial charge on any atom is -0.0946 e. The van der Waals surface area contributed by atoms with Crippen molar-refractivity contribution in [1.82, 2.24) is 0 Å². The summed E-state index contributed by atoms with van der Waals surface area (Å²) in [4.78, 5) is 0. The number of hydrogen-bond donors (Lipinski definition) is 0. The number of hydrogen-bond acceptors (Lipinski definition) is 0. The molecule has 0 heteroatoms. The molecule has 1 aliphatic rings. The summed E-state index contributed by atoms with van der Waals surface area (Å²) in [7, 11) is 0. The van der Waals surface area contributed by atoms with E-state index in [2.05, 4.69) is 64.6 Å². The molecular formula is C18H22. The normalized spacial score (nSPS) is 16.8. The Kier molecular flexibility index (Phi) is 3.56. The molecule has 2 rings (SSSR count). The topological polar surface area (TPSA) is 0 Å². The molecule has 1 unspecified atom stereocenters. The molecule has 0 nitrogen and oxygen atoms in total. The first-order chi connectivity index (χ1) is 8.50. The average molecular weight is 238 g/mol. The molecule has 0 saturated heterocycles. The van der Waals surface area contributed by atoms with Crippen molar-refractivity contribution in [2.24, 2.45) is 0 Å². The Morgan fingerprint density at radius 2 is 1.72 bits per heavy atom. The standard InChI is InChI=1S/C18H22/c1-12-6-10-17(11-7-12)15(4)16(5)18-13(2)8-9-14(18)3/h6-8,10-11,15H,5,9H2,1-4H3. The maximum absolute atomic E-state index is 4.34. The highest BCUT2D eigenvalue weighted by Crippen LogP contribution is 2.37. The lowest BCUT2D eigenvalue weighted by atomic mass is 9.86. The predicted molar refractivity (Wildman–Crippen MR) is 79.8 cm³/mol. The second-order valence-electron chi connectivity index (χ2n) is 5.40. The lowest BCUT2D eigenvalue weighted by Gasteiger charge is -2.19. The molecule has 0 heterocycles. The Labute approximate surface area is 111 Å². The van der Waals surface area contributed by atoms with E-state index < -0.39 is 0 Å². The van der Waals surface area contributed by atoms with Gasteiger partial charge in [0.1, 0.15) is 0 Å². The van der Waals surface area contributed by atoms with E-state index in [-0.39, 0.29) is 0 Å². The highest BCUT2D eigenvalue weighted by atomic mass is 14.2. The summed E-state index contributed by atoms with van der Waals surface area (Å²) in [6, 6.07) is 8.79. The largest absolute Gasteiger partial charge is 0.0946 e. The molecule has 0 aromatic heterocycles. The van der Waals surface area contributed by atoms with Gasteiger partial charge in [0.25, 0.3) is 0 Å². The van der Waals surface area contributed by atoms with Gasteiger partial charge in [-0.2, -0.15) is 0 Å². The van der Waals surface area contributed by atoms with E-state index in [1.807, 2.05) is 0 Å². The molecule has 0 saturated carbocycles. The Morgan fingerprint density at radius 1 is 1.11 bits per heavy atom. The predicted octanol–water partition coefficient (Wildman–Crippen LogP) is 5.32. The number of rotatable bonds is 3. The first-order valence-corrected chi connectivity index (χ1v) is 6.63. The van der Waals surface area contributed by atoms with E-state index in [4.69, 9.17) is 0 Å². The Bertz CT molecular complexity index is 524. The van der Waals surface area contributed by atoms with Crippen LogP contribution in [0, 0.1) is 6.92 Å². The van der Waals surface area contributed by atoms with Crippen molar-refractivity contribution in [3.8, 4) is 0 Å². The zero-order chi connectivity index (χ0) is 13.3. The fourth-order valence-electron chi connectivity index (χ4n) is 2.65. The van der Waals surface area contributed by atoms with E-state index in [0.717, 1.165) is 6.42 Å². The molecule has 0 aliphatic heterocycles. The monoisotopic (exact) mass is 238 g/mol. The van der Waals surface area contributed by atoms with Crippen molar-refractivity contribution >= 4 is 0 Å². The van der Waals surface area contributed by atoms with Crippen LogP contribution in [0.5, 0.6) is 0 Å². The van der Waals surface area contributed by atoms with Gasteiger partial charge in [0.2, 0.25) is 0 Å². The van der Waals surface area contributed by atoms with Gasteiger partial charge in [0, 0.05) is 5.92 Å². The molecule has 18 heavy (non-hydrogen) atoms. The summed E-state index contributed by atoms with van der Waals surface area (Å²) < 4.78 is 0. The maximum Gasteiger partial charge on any atom is 0.00611 e. The van der Waals surface area contributed by atoms with Crippen LogP contribution in [0.25, 0.3) is 0 Å². The fraction of sp³-hybridized carbons (Fsp3) is 0.333. The molecule has 0 radical (unpaired) electrons. The van der Waals surface area contributed by atoms with Crippen LogP contribution in [0.2, 0.25) is 0 Å². The first-order valence-electron chi connectivity index (χ1n) is 6.63. The lowest BCUT2D eigenvalue weighted by molar-refractivity contribution is 0.905. The van der Waals surface area contributed by atoms with Crippen LogP contribution in [0.3, 0.4) is 0 Å². The average Bonchev–Trinajstić information content (AvgIpc) is 2.68. The Balaban J connectivity index is 2.27. The number of allylic oxidation sites excluding steroid dienone is 5. The molecule has 94 valence electrons. The Hall–Kier alpha value is -1.56. The van der Waals surface area contributed by atoms with Gasteiger partial charge in [0.15, 0.2) is 0 Å². The van der Waals surface area contributed by atoms with Crippen molar-refractivity contribution < 1.29 is 0 Å². The van der Waals surface area contributed by atoms with Crippen LogP contribution in [-0.4, -0.2) is 0 Å². The number of benzene rings is 1. The number of aryl methyl sites for hydroxylation is 1. The third-order valence-corrected chi connectivity index (χ3v) is 3.96. The van der Waals surface area contributed by atoms with Gasteiger partial charge in [-0.1, -0.05) is 55.0 Å². The van der Waals surface area contributed by atoms with Gasteiger partial charge in [-0.3, -0.25) is 0 Å². The van der Waals surface area contributed by atoms with Crippen molar-refractivity contribution in [3.63, 3.8) is 0 Å². The molecule has 0 bridgehead atoms. The van der Waals surface area contributed by atoms with Crippen molar-refractivity contribution in [2.75, 3.05) is 0 Å². The molecular weight excluding hydrogens is 216 g/mol. The van der Waals surface area contributed by atoms with Crippen molar-refractivity contribution in [1.29, 1.82) is 0 Å². The molecule has 0 spiro atoms. The van der Waals surface area contributed by atoms with E-state index in [1.54, 1.807) is 0 Å². The zero-order valence-corrected chi connectivity index (χ0v) is 11.9. The van der Waals surface area contributed by atoms with Gasteiger partial charge >= 0.3 is 0 Å². The van der Waals surface area contributed by atoms with Crippen LogP contribution in [0.4, 0.5) is 0 Å². The van der Waals surface area contributed by atoms with Gasteiger partial charge in [-0.25, -0.2) is 0 Å². The summed E-state index contributed by atoms with van der Waals surface area (Å²) in [5, 5.41) is 0. The third-order valence-electron chi connectivity index (χ3n) is 3.96. The first kappa shape index (κ1) is 12.9. The minimum atomic E-state index is 0.386. The summed E-state index contributed by atoms with van der Waals surface area (Å²) in [5.74, 6) is 0.386. The van der Waals surface area contributed by atoms with E-state index in [1.165, 1.54) is 33.4 Å². The van der Waals surface area contributed by atoms with Gasteiger partial charge in [0.05, 0.1) is 0 Å². The van der Waals surface area contributed by atoms with Crippen molar-refractivity contribution in [2.45, 2.75) is 40.0 Å². The summed E-state index contributed by atoms with van der Waals surface area (Å²) in [6.07, 6.45) is 3.39. The van der Waals surface area contributed by atoms with Gasteiger partial charge in [-0.05, 0) is 49.5 Å². The molecule has 1 atom stereocenters. The highest BCUT2D eigenvalue weighted by molar-refractivity contribution is 5.55. The van der Waals surface area contributed by atoms with Gasteiger partial charge in [-0.15, -0.1) is 0 Å². The zero-order valence-electron chi connectivity index (χ0n) is 11.9.